The van der Waals surface area contributed by atoms with Crippen LogP contribution in [-0.2, 0) is 9.53 Å². The third-order valence-electron chi connectivity index (χ3n) is 3.31. The van der Waals surface area contributed by atoms with Gasteiger partial charge in [-0.05, 0) is 42.6 Å². The number of aliphatic hydroxyl groups is 1. The van der Waals surface area contributed by atoms with Crippen molar-refractivity contribution in [2.75, 3.05) is 30.5 Å². The van der Waals surface area contributed by atoms with E-state index in [0.29, 0.717) is 6.42 Å². The molecule has 1 saturated carbocycles. The molecule has 0 aliphatic heterocycles. The molecule has 106 valence electrons. The fraction of sp³-hybridized carbons (Fsp3) is 0.923. The van der Waals surface area contributed by atoms with Crippen LogP contribution in [0.25, 0.3) is 0 Å². The zero-order valence-corrected chi connectivity index (χ0v) is 12.6. The molecule has 1 N–H and O–H groups in total. The summed E-state index contributed by atoms with van der Waals surface area (Å²) in [6.45, 7) is 0.0296. The van der Waals surface area contributed by atoms with Crippen LogP contribution in [0.5, 0.6) is 0 Å². The first kappa shape index (κ1) is 16.2. The van der Waals surface area contributed by atoms with E-state index in [2.05, 4.69) is 12.6 Å². The Labute approximate surface area is 119 Å². The van der Waals surface area contributed by atoms with Crippen molar-refractivity contribution in [3.63, 3.8) is 0 Å². The maximum atomic E-state index is 11.2. The van der Waals surface area contributed by atoms with Crippen LogP contribution < -0.4 is 0 Å². The molecule has 0 saturated heterocycles. The van der Waals surface area contributed by atoms with Crippen LogP contribution in [0.3, 0.4) is 0 Å². The van der Waals surface area contributed by atoms with Crippen LogP contribution in [-0.4, -0.2) is 41.5 Å². The first-order chi connectivity index (χ1) is 8.76. The number of hydrogen-bond donors (Lipinski definition) is 2. The maximum absolute atomic E-state index is 11.2. The summed E-state index contributed by atoms with van der Waals surface area (Å²) in [5.74, 6) is 4.38. The molecule has 1 aliphatic carbocycles. The molecular formula is C13H24O3S2. The lowest BCUT2D eigenvalue weighted by molar-refractivity contribution is -0.144. The van der Waals surface area contributed by atoms with Gasteiger partial charge in [-0.3, -0.25) is 4.79 Å². The molecule has 0 aromatic heterocycles. The third kappa shape index (κ3) is 6.90. The van der Waals surface area contributed by atoms with Gasteiger partial charge in [0.15, 0.2) is 0 Å². The van der Waals surface area contributed by atoms with E-state index < -0.39 is 0 Å². The molecule has 1 fully saturated rings. The molecule has 0 aromatic carbocycles. The molecule has 2 atom stereocenters. The van der Waals surface area contributed by atoms with E-state index in [1.165, 1.54) is 25.7 Å². The minimum Gasteiger partial charge on any atom is -0.463 e. The fourth-order valence-corrected chi connectivity index (χ4v) is 3.80. The highest BCUT2D eigenvalue weighted by Gasteiger charge is 2.20. The predicted molar refractivity (Wildman–Crippen MR) is 79.3 cm³/mol. The number of carbonyl (C=O) groups excluding carboxylic acids is 1. The number of hydrogen-bond acceptors (Lipinski definition) is 5. The molecular weight excluding hydrogens is 268 g/mol. The quantitative estimate of drug-likeness (QED) is 0.410. The van der Waals surface area contributed by atoms with Crippen molar-refractivity contribution in [1.82, 2.24) is 0 Å². The zero-order valence-electron chi connectivity index (χ0n) is 10.8. The molecule has 0 heterocycles. The Morgan fingerprint density at radius 2 is 2.17 bits per heavy atom. The van der Waals surface area contributed by atoms with Crippen LogP contribution in [0, 0.1) is 11.8 Å². The topological polar surface area (TPSA) is 46.5 Å². The lowest BCUT2D eigenvalue weighted by Gasteiger charge is -2.27. The summed E-state index contributed by atoms with van der Waals surface area (Å²) in [4.78, 5) is 11.2. The monoisotopic (exact) mass is 292 g/mol. The molecule has 1 rings (SSSR count). The van der Waals surface area contributed by atoms with E-state index in [0.717, 1.165) is 29.1 Å². The summed E-state index contributed by atoms with van der Waals surface area (Å²) in [7, 11) is 0. The van der Waals surface area contributed by atoms with Gasteiger partial charge >= 0.3 is 5.97 Å². The fourth-order valence-electron chi connectivity index (χ4n) is 2.36. The Kier molecular flexibility index (Phi) is 8.98. The molecule has 18 heavy (non-hydrogen) atoms. The molecule has 0 aromatic rings. The van der Waals surface area contributed by atoms with E-state index in [-0.39, 0.29) is 19.2 Å². The number of thioether (sulfide) groups is 1. The molecule has 5 heteroatoms. The van der Waals surface area contributed by atoms with Gasteiger partial charge in [0.25, 0.3) is 0 Å². The van der Waals surface area contributed by atoms with Crippen LogP contribution in [0.2, 0.25) is 0 Å². The van der Waals surface area contributed by atoms with Crippen molar-refractivity contribution in [2.24, 2.45) is 11.8 Å². The predicted octanol–water partition coefficient (Wildman–Crippen LogP) is 2.38. The van der Waals surface area contributed by atoms with E-state index in [1.807, 2.05) is 11.8 Å². The van der Waals surface area contributed by atoms with Gasteiger partial charge in [-0.25, -0.2) is 0 Å². The number of thiol groups is 1. The SMILES string of the molecule is O=C(CCSCC1CCCC(CS)C1)OCCO. The van der Waals surface area contributed by atoms with Crippen LogP contribution in [0.1, 0.15) is 32.1 Å². The normalized spacial score (nSPS) is 23.9. The summed E-state index contributed by atoms with van der Waals surface area (Å²) in [6.07, 6.45) is 5.73. The number of aliphatic hydroxyl groups excluding tert-OH is 1. The van der Waals surface area contributed by atoms with Gasteiger partial charge in [0.05, 0.1) is 13.0 Å². The lowest BCUT2D eigenvalue weighted by atomic mass is 9.83. The number of esters is 1. The second-order valence-electron chi connectivity index (χ2n) is 4.85. The minimum absolute atomic E-state index is 0.0912. The first-order valence-corrected chi connectivity index (χ1v) is 8.50. The Balaban J connectivity index is 2.01. The van der Waals surface area contributed by atoms with Gasteiger partial charge < -0.3 is 9.84 Å². The molecule has 0 radical (unpaired) electrons. The molecule has 1 aliphatic rings. The summed E-state index contributed by atoms with van der Waals surface area (Å²) in [6, 6.07) is 0. The standard InChI is InChI=1S/C13H24O3S2/c14-5-6-16-13(15)4-7-18-10-12-3-1-2-11(8-12)9-17/h11-12,14,17H,1-10H2. The second kappa shape index (κ2) is 9.98. The first-order valence-electron chi connectivity index (χ1n) is 6.71. The highest BCUT2D eigenvalue weighted by molar-refractivity contribution is 7.99. The van der Waals surface area contributed by atoms with E-state index >= 15 is 0 Å². The molecule has 3 nitrogen and oxygen atoms in total. The van der Waals surface area contributed by atoms with Crippen LogP contribution in [0.4, 0.5) is 0 Å². The lowest BCUT2D eigenvalue weighted by Crippen LogP contribution is -2.18. The van der Waals surface area contributed by atoms with Gasteiger partial charge in [0.1, 0.15) is 6.61 Å². The maximum Gasteiger partial charge on any atom is 0.306 e. The Bertz CT molecular complexity index is 236. The second-order valence-corrected chi connectivity index (χ2v) is 6.37. The van der Waals surface area contributed by atoms with E-state index in [1.54, 1.807) is 0 Å². The Morgan fingerprint density at radius 1 is 1.39 bits per heavy atom. The van der Waals surface area contributed by atoms with Crippen molar-refractivity contribution < 1.29 is 14.6 Å². The van der Waals surface area contributed by atoms with Crippen molar-refractivity contribution in [2.45, 2.75) is 32.1 Å². The largest absolute Gasteiger partial charge is 0.463 e. The van der Waals surface area contributed by atoms with Gasteiger partial charge in [-0.15, -0.1) is 0 Å². The summed E-state index contributed by atoms with van der Waals surface area (Å²) in [5.41, 5.74) is 0. The summed E-state index contributed by atoms with van der Waals surface area (Å²) >= 11 is 6.23. The molecule has 0 spiro atoms. The van der Waals surface area contributed by atoms with Crippen LogP contribution in [0.15, 0.2) is 0 Å². The van der Waals surface area contributed by atoms with Crippen LogP contribution >= 0.6 is 24.4 Å². The van der Waals surface area contributed by atoms with Crippen molar-refractivity contribution in [1.29, 1.82) is 0 Å². The molecule has 0 amide bonds. The van der Waals surface area contributed by atoms with Crippen molar-refractivity contribution >= 4 is 30.4 Å². The highest BCUT2D eigenvalue weighted by atomic mass is 32.2. The summed E-state index contributed by atoms with van der Waals surface area (Å²) < 4.78 is 4.81. The zero-order chi connectivity index (χ0) is 13.2. The average molecular weight is 292 g/mol. The van der Waals surface area contributed by atoms with Gasteiger partial charge in [-0.2, -0.15) is 24.4 Å². The van der Waals surface area contributed by atoms with Crippen molar-refractivity contribution in [3.8, 4) is 0 Å². The van der Waals surface area contributed by atoms with Gasteiger partial charge in [0.2, 0.25) is 0 Å². The third-order valence-corrected chi connectivity index (χ3v) is 5.02. The Hall–Kier alpha value is 0.130. The van der Waals surface area contributed by atoms with Gasteiger partial charge in [0, 0.05) is 5.75 Å². The van der Waals surface area contributed by atoms with E-state index in [9.17, 15) is 4.79 Å². The minimum atomic E-state index is -0.201. The van der Waals surface area contributed by atoms with Crippen molar-refractivity contribution in [3.05, 3.63) is 0 Å². The highest BCUT2D eigenvalue weighted by Crippen LogP contribution is 2.31. The number of ether oxygens (including phenoxy) is 1. The number of carbonyl (C=O) groups is 1. The van der Waals surface area contributed by atoms with Gasteiger partial charge in [-0.1, -0.05) is 6.42 Å². The average Bonchev–Trinajstić information content (AvgIpc) is 2.41. The smallest absolute Gasteiger partial charge is 0.306 e. The molecule has 2 unspecified atom stereocenters. The number of rotatable bonds is 8. The Morgan fingerprint density at radius 3 is 2.89 bits per heavy atom. The summed E-state index contributed by atoms with van der Waals surface area (Å²) in [5, 5.41) is 8.52. The van der Waals surface area contributed by atoms with E-state index in [4.69, 9.17) is 9.84 Å². The molecule has 0 bridgehead atoms.